The summed E-state index contributed by atoms with van der Waals surface area (Å²) in [5, 5.41) is 0. The molecule has 0 spiro atoms. The highest BCUT2D eigenvalue weighted by Gasteiger charge is 2.06. The highest BCUT2D eigenvalue weighted by atomic mass is 127. The molecule has 0 aliphatic carbocycles. The van der Waals surface area contributed by atoms with Crippen LogP contribution in [0.5, 0.6) is 11.5 Å². The number of carbonyl (C=O) groups excluding carboxylic acids is 1. The van der Waals surface area contributed by atoms with E-state index in [1.807, 2.05) is 0 Å². The number of halogens is 2. The molecule has 9 heteroatoms. The van der Waals surface area contributed by atoms with Crippen LogP contribution in [0.3, 0.4) is 0 Å². The third kappa shape index (κ3) is 13.1. The van der Waals surface area contributed by atoms with E-state index in [1.165, 1.54) is 0 Å². The van der Waals surface area contributed by atoms with E-state index in [2.05, 4.69) is 45.2 Å². The van der Waals surface area contributed by atoms with Gasteiger partial charge in [-0.1, -0.05) is 45.2 Å². The summed E-state index contributed by atoms with van der Waals surface area (Å²) in [5.74, 6) is 1.10. The molecule has 0 aliphatic heterocycles. The zero-order valence-corrected chi connectivity index (χ0v) is 20.2. The summed E-state index contributed by atoms with van der Waals surface area (Å²) in [6.07, 6.45) is 0.761. The molecule has 0 saturated carbocycles. The predicted octanol–water partition coefficient (Wildman–Crippen LogP) is 3.19. The molecule has 1 rings (SSSR count). The Hall–Kier alpha value is -0.210. The minimum absolute atomic E-state index is 0.344. The summed E-state index contributed by atoms with van der Waals surface area (Å²) in [4.78, 5) is 11.2. The second-order valence-electron chi connectivity index (χ2n) is 5.34. The van der Waals surface area contributed by atoms with Crippen molar-refractivity contribution < 1.29 is 33.2 Å². The summed E-state index contributed by atoms with van der Waals surface area (Å²) >= 11 is 4.52. The lowest BCUT2D eigenvalue weighted by molar-refractivity contribution is 0.0407. The van der Waals surface area contributed by atoms with Crippen LogP contribution < -0.4 is 9.47 Å². The summed E-state index contributed by atoms with van der Waals surface area (Å²) < 4.78 is 34.8. The molecule has 0 radical (unpaired) electrons. The number of benzene rings is 1. The second kappa shape index (κ2) is 18.8. The van der Waals surface area contributed by atoms with E-state index in [4.69, 9.17) is 28.4 Å². The molecule has 28 heavy (non-hydrogen) atoms. The number of hydrogen-bond acceptors (Lipinski definition) is 7. The fourth-order valence-corrected chi connectivity index (χ4v) is 2.63. The van der Waals surface area contributed by atoms with Gasteiger partial charge in [0.2, 0.25) is 0 Å². The van der Waals surface area contributed by atoms with Gasteiger partial charge in [-0.2, -0.15) is 0 Å². The lowest BCUT2D eigenvalue weighted by Crippen LogP contribution is -2.12. The Bertz CT molecular complexity index is 517. The van der Waals surface area contributed by atoms with E-state index in [-0.39, 0.29) is 0 Å². The van der Waals surface area contributed by atoms with Gasteiger partial charge in [0.25, 0.3) is 0 Å². The van der Waals surface area contributed by atoms with Crippen molar-refractivity contribution in [3.8, 4) is 11.5 Å². The molecule has 0 heterocycles. The number of ether oxygens (including phenoxy) is 6. The van der Waals surface area contributed by atoms with Crippen LogP contribution >= 0.6 is 45.2 Å². The molecule has 0 aliphatic rings. The molecule has 7 nitrogen and oxygen atoms in total. The van der Waals surface area contributed by atoms with E-state index >= 15 is 0 Å². The number of hydrogen-bond donors (Lipinski definition) is 0. The van der Waals surface area contributed by atoms with Crippen LogP contribution in [0.15, 0.2) is 18.2 Å². The van der Waals surface area contributed by atoms with Gasteiger partial charge in [0.15, 0.2) is 6.29 Å². The molecule has 0 unspecified atom stereocenters. The Kier molecular flexibility index (Phi) is 17.3. The molecule has 0 aromatic heterocycles. The third-order valence-corrected chi connectivity index (χ3v) is 4.16. The maximum atomic E-state index is 11.2. The van der Waals surface area contributed by atoms with E-state index in [0.29, 0.717) is 69.9 Å². The Morgan fingerprint density at radius 1 is 0.679 bits per heavy atom. The van der Waals surface area contributed by atoms with Crippen molar-refractivity contribution in [3.63, 3.8) is 0 Å². The summed E-state index contributed by atoms with van der Waals surface area (Å²) in [6.45, 7) is 5.33. The van der Waals surface area contributed by atoms with Crippen molar-refractivity contribution in [3.05, 3.63) is 23.8 Å². The van der Waals surface area contributed by atoms with Crippen molar-refractivity contribution in [2.24, 2.45) is 0 Å². The van der Waals surface area contributed by atoms with Gasteiger partial charge in [-0.25, -0.2) is 0 Å². The van der Waals surface area contributed by atoms with Crippen LogP contribution in [0.1, 0.15) is 10.4 Å². The largest absolute Gasteiger partial charge is 0.491 e. The van der Waals surface area contributed by atoms with Crippen LogP contribution in [-0.4, -0.2) is 81.2 Å². The molecular weight excluding hydrogens is 594 g/mol. The average Bonchev–Trinajstić information content (AvgIpc) is 2.72. The maximum absolute atomic E-state index is 11.2. The molecule has 0 saturated heterocycles. The Balaban J connectivity index is 2.23. The van der Waals surface area contributed by atoms with Crippen LogP contribution in [0, 0.1) is 0 Å². The Labute approximate surface area is 194 Å². The molecule has 0 bridgehead atoms. The van der Waals surface area contributed by atoms with E-state index in [9.17, 15) is 4.79 Å². The van der Waals surface area contributed by atoms with Gasteiger partial charge in [0.1, 0.15) is 24.7 Å². The zero-order chi connectivity index (χ0) is 20.3. The minimum Gasteiger partial charge on any atom is -0.491 e. The Morgan fingerprint density at radius 3 is 1.71 bits per heavy atom. The monoisotopic (exact) mass is 622 g/mol. The van der Waals surface area contributed by atoms with Crippen molar-refractivity contribution in [2.75, 3.05) is 74.9 Å². The van der Waals surface area contributed by atoms with Gasteiger partial charge < -0.3 is 28.4 Å². The highest BCUT2D eigenvalue weighted by Crippen LogP contribution is 2.23. The van der Waals surface area contributed by atoms with E-state index in [1.54, 1.807) is 18.2 Å². The number of carbonyl (C=O) groups is 1. The van der Waals surface area contributed by atoms with Crippen molar-refractivity contribution >= 4 is 51.5 Å². The zero-order valence-electron chi connectivity index (χ0n) is 15.9. The molecule has 1 aromatic carbocycles. The van der Waals surface area contributed by atoms with Crippen molar-refractivity contribution in [1.29, 1.82) is 0 Å². The first-order valence-electron chi connectivity index (χ1n) is 9.09. The van der Waals surface area contributed by atoms with Crippen molar-refractivity contribution in [2.45, 2.75) is 0 Å². The van der Waals surface area contributed by atoms with Crippen LogP contribution in [-0.2, 0) is 18.9 Å². The van der Waals surface area contributed by atoms with Gasteiger partial charge in [0, 0.05) is 14.9 Å². The SMILES string of the molecule is O=Cc1ccc(OCCOCCOCCI)cc1OCCOCCOCCI. The summed E-state index contributed by atoms with van der Waals surface area (Å²) in [7, 11) is 0. The van der Waals surface area contributed by atoms with Gasteiger partial charge in [-0.3, -0.25) is 4.79 Å². The predicted molar refractivity (Wildman–Crippen MR) is 124 cm³/mol. The number of rotatable bonds is 19. The fourth-order valence-electron chi connectivity index (χ4n) is 2.01. The van der Waals surface area contributed by atoms with E-state index in [0.717, 1.165) is 28.4 Å². The van der Waals surface area contributed by atoms with Gasteiger partial charge in [0.05, 0.1) is 58.4 Å². The average molecular weight is 622 g/mol. The quantitative estimate of drug-likeness (QED) is 0.102. The first kappa shape index (κ1) is 25.8. The second-order valence-corrected chi connectivity index (χ2v) is 7.50. The van der Waals surface area contributed by atoms with E-state index < -0.39 is 0 Å². The molecule has 0 atom stereocenters. The maximum Gasteiger partial charge on any atom is 0.153 e. The highest BCUT2D eigenvalue weighted by molar-refractivity contribution is 14.1. The molecule has 160 valence electrons. The van der Waals surface area contributed by atoms with Crippen LogP contribution in [0.25, 0.3) is 0 Å². The lowest BCUT2D eigenvalue weighted by Gasteiger charge is -2.12. The first-order valence-corrected chi connectivity index (χ1v) is 12.1. The third-order valence-electron chi connectivity index (χ3n) is 3.28. The molecule has 1 aromatic rings. The fraction of sp³-hybridized carbons (Fsp3) is 0.632. The molecule has 0 amide bonds. The van der Waals surface area contributed by atoms with Gasteiger partial charge in [-0.05, 0) is 12.1 Å². The molecular formula is C19H28I2O7. The number of aldehydes is 1. The first-order chi connectivity index (χ1) is 13.8. The van der Waals surface area contributed by atoms with Crippen molar-refractivity contribution in [1.82, 2.24) is 0 Å². The summed E-state index contributed by atoms with van der Waals surface area (Å²) in [6, 6.07) is 5.12. The molecule has 0 fully saturated rings. The van der Waals surface area contributed by atoms with Crippen LogP contribution in [0.2, 0.25) is 0 Å². The van der Waals surface area contributed by atoms with Gasteiger partial charge in [-0.15, -0.1) is 0 Å². The smallest absolute Gasteiger partial charge is 0.153 e. The standard InChI is InChI=1S/C19H28I2O7/c20-3-5-23-7-9-25-11-13-27-18-2-1-17(16-22)19(15-18)28-14-12-26-10-8-24-6-4-21/h1-2,15-16H,3-14H2. The van der Waals surface area contributed by atoms with Gasteiger partial charge >= 0.3 is 0 Å². The summed E-state index contributed by atoms with van der Waals surface area (Å²) in [5.41, 5.74) is 0.474. The topological polar surface area (TPSA) is 72.5 Å². The van der Waals surface area contributed by atoms with Crippen LogP contribution in [0.4, 0.5) is 0 Å². The molecule has 0 N–H and O–H groups in total. The minimum atomic E-state index is 0.344. The number of alkyl halides is 2. The Morgan fingerprint density at radius 2 is 1.18 bits per heavy atom. The normalized spacial score (nSPS) is 10.8. The lowest BCUT2D eigenvalue weighted by atomic mass is 10.2.